The van der Waals surface area contributed by atoms with Crippen LogP contribution < -0.4 is 10.6 Å². The maximum absolute atomic E-state index is 12.4. The maximum Gasteiger partial charge on any atom is 0.259 e. The lowest BCUT2D eigenvalue weighted by Crippen LogP contribution is -2.16. The molecule has 0 bridgehead atoms. The standard InChI is InChI=1S/C15H17BrN4O/c1-4-17-13-6-5-11(16)7-14(13)20-15(21)12-8-18-10(3)19-9(12)2/h5-8,17H,4H2,1-3H3,(H,20,21). The quantitative estimate of drug-likeness (QED) is 0.886. The molecule has 0 aliphatic carbocycles. The summed E-state index contributed by atoms with van der Waals surface area (Å²) >= 11 is 3.41. The molecule has 1 heterocycles. The van der Waals surface area contributed by atoms with Crippen molar-refractivity contribution >= 4 is 33.2 Å². The van der Waals surface area contributed by atoms with Gasteiger partial charge in [-0.05, 0) is 39.0 Å². The molecule has 0 radical (unpaired) electrons. The average molecular weight is 349 g/mol. The van der Waals surface area contributed by atoms with Gasteiger partial charge in [-0.3, -0.25) is 4.79 Å². The van der Waals surface area contributed by atoms with Crippen LogP contribution in [0, 0.1) is 13.8 Å². The minimum absolute atomic E-state index is 0.218. The summed E-state index contributed by atoms with van der Waals surface area (Å²) in [5.74, 6) is 0.435. The number of aryl methyl sites for hydroxylation is 2. The summed E-state index contributed by atoms with van der Waals surface area (Å²) in [6.07, 6.45) is 1.55. The van der Waals surface area contributed by atoms with Gasteiger partial charge in [0.2, 0.25) is 0 Å². The van der Waals surface area contributed by atoms with E-state index in [2.05, 4.69) is 36.5 Å². The van der Waals surface area contributed by atoms with Gasteiger partial charge in [0, 0.05) is 17.2 Å². The lowest BCUT2D eigenvalue weighted by Gasteiger charge is -2.13. The predicted octanol–water partition coefficient (Wildman–Crippen LogP) is 3.54. The van der Waals surface area contributed by atoms with Crippen molar-refractivity contribution in [1.29, 1.82) is 0 Å². The second-order valence-electron chi connectivity index (χ2n) is 4.59. The molecule has 2 N–H and O–H groups in total. The monoisotopic (exact) mass is 348 g/mol. The number of halogens is 1. The number of aromatic nitrogens is 2. The third-order valence-corrected chi connectivity index (χ3v) is 3.43. The summed E-state index contributed by atoms with van der Waals surface area (Å²) in [5.41, 5.74) is 2.74. The number of anilines is 2. The zero-order chi connectivity index (χ0) is 15.4. The fourth-order valence-corrected chi connectivity index (χ4v) is 2.32. The molecule has 0 atom stereocenters. The van der Waals surface area contributed by atoms with Gasteiger partial charge in [-0.2, -0.15) is 0 Å². The van der Waals surface area contributed by atoms with Crippen LogP contribution in [0.3, 0.4) is 0 Å². The molecule has 0 saturated heterocycles. The molecular weight excluding hydrogens is 332 g/mol. The van der Waals surface area contributed by atoms with E-state index in [0.717, 1.165) is 22.4 Å². The predicted molar refractivity (Wildman–Crippen MR) is 87.8 cm³/mol. The molecule has 0 saturated carbocycles. The van der Waals surface area contributed by atoms with E-state index in [1.165, 1.54) is 0 Å². The second-order valence-corrected chi connectivity index (χ2v) is 5.51. The summed E-state index contributed by atoms with van der Waals surface area (Å²) < 4.78 is 0.899. The molecule has 5 nitrogen and oxygen atoms in total. The largest absolute Gasteiger partial charge is 0.384 e. The molecule has 21 heavy (non-hydrogen) atoms. The van der Waals surface area contributed by atoms with Gasteiger partial charge in [0.05, 0.1) is 22.6 Å². The van der Waals surface area contributed by atoms with Crippen LogP contribution in [0.5, 0.6) is 0 Å². The van der Waals surface area contributed by atoms with E-state index in [9.17, 15) is 4.79 Å². The van der Waals surface area contributed by atoms with Crippen LogP contribution in [0.2, 0.25) is 0 Å². The first-order chi connectivity index (χ1) is 10.0. The Labute approximate surface area is 132 Å². The molecule has 2 rings (SSSR count). The summed E-state index contributed by atoms with van der Waals surface area (Å²) in [6, 6.07) is 5.70. The highest BCUT2D eigenvalue weighted by molar-refractivity contribution is 9.10. The molecular formula is C15H17BrN4O. The zero-order valence-corrected chi connectivity index (χ0v) is 13.8. The minimum atomic E-state index is -0.218. The number of hydrogen-bond acceptors (Lipinski definition) is 4. The fourth-order valence-electron chi connectivity index (χ4n) is 1.96. The van der Waals surface area contributed by atoms with Gasteiger partial charge in [-0.1, -0.05) is 15.9 Å². The number of nitrogens with one attached hydrogen (secondary N) is 2. The molecule has 0 unspecified atom stereocenters. The van der Waals surface area contributed by atoms with Crippen LogP contribution in [0.4, 0.5) is 11.4 Å². The number of amides is 1. The number of benzene rings is 1. The third-order valence-electron chi connectivity index (χ3n) is 2.94. The van der Waals surface area contributed by atoms with Crippen LogP contribution >= 0.6 is 15.9 Å². The van der Waals surface area contributed by atoms with Gasteiger partial charge in [0.15, 0.2) is 0 Å². The van der Waals surface area contributed by atoms with Gasteiger partial charge >= 0.3 is 0 Å². The highest BCUT2D eigenvalue weighted by atomic mass is 79.9. The lowest BCUT2D eigenvalue weighted by atomic mass is 10.2. The molecule has 1 amide bonds. The van der Waals surface area contributed by atoms with Gasteiger partial charge in [0.1, 0.15) is 5.82 Å². The first-order valence-electron chi connectivity index (χ1n) is 6.66. The Kier molecular flexibility index (Phi) is 4.90. The molecule has 6 heteroatoms. The molecule has 1 aromatic carbocycles. The minimum Gasteiger partial charge on any atom is -0.384 e. The van der Waals surface area contributed by atoms with E-state index in [1.807, 2.05) is 25.1 Å². The number of rotatable bonds is 4. The van der Waals surface area contributed by atoms with Gasteiger partial charge in [-0.15, -0.1) is 0 Å². The van der Waals surface area contributed by atoms with Crippen molar-refractivity contribution in [2.45, 2.75) is 20.8 Å². The van der Waals surface area contributed by atoms with Crippen molar-refractivity contribution in [2.75, 3.05) is 17.2 Å². The molecule has 0 fully saturated rings. The Hall–Kier alpha value is -1.95. The SMILES string of the molecule is CCNc1ccc(Br)cc1NC(=O)c1cnc(C)nc1C. The summed E-state index contributed by atoms with van der Waals surface area (Å²) in [4.78, 5) is 20.7. The average Bonchev–Trinajstić information content (AvgIpc) is 2.41. The van der Waals surface area contributed by atoms with Gasteiger partial charge in [-0.25, -0.2) is 9.97 Å². The summed E-state index contributed by atoms with van der Waals surface area (Å²) in [6.45, 7) is 6.38. The topological polar surface area (TPSA) is 66.9 Å². The van der Waals surface area contributed by atoms with Crippen molar-refractivity contribution < 1.29 is 4.79 Å². The van der Waals surface area contributed by atoms with E-state index in [1.54, 1.807) is 20.0 Å². The first kappa shape index (κ1) is 15.4. The molecule has 110 valence electrons. The van der Waals surface area contributed by atoms with E-state index in [0.29, 0.717) is 17.1 Å². The fraction of sp³-hybridized carbons (Fsp3) is 0.267. The Morgan fingerprint density at radius 3 is 2.71 bits per heavy atom. The first-order valence-corrected chi connectivity index (χ1v) is 7.45. The smallest absolute Gasteiger partial charge is 0.259 e. The second kappa shape index (κ2) is 6.67. The maximum atomic E-state index is 12.4. The van der Waals surface area contributed by atoms with Crippen molar-refractivity contribution in [3.05, 3.63) is 46.0 Å². The van der Waals surface area contributed by atoms with Crippen LogP contribution in [-0.4, -0.2) is 22.4 Å². The van der Waals surface area contributed by atoms with Crippen LogP contribution in [-0.2, 0) is 0 Å². The van der Waals surface area contributed by atoms with E-state index < -0.39 is 0 Å². The Balaban J connectivity index is 2.28. The van der Waals surface area contributed by atoms with Crippen LogP contribution in [0.25, 0.3) is 0 Å². The summed E-state index contributed by atoms with van der Waals surface area (Å²) in [7, 11) is 0. The number of carbonyl (C=O) groups is 1. The highest BCUT2D eigenvalue weighted by Gasteiger charge is 2.13. The molecule has 1 aromatic heterocycles. The Morgan fingerprint density at radius 1 is 1.29 bits per heavy atom. The number of nitrogens with zero attached hydrogens (tertiary/aromatic N) is 2. The van der Waals surface area contributed by atoms with Crippen molar-refractivity contribution in [3.8, 4) is 0 Å². The van der Waals surface area contributed by atoms with E-state index in [4.69, 9.17) is 0 Å². The molecule has 0 aliphatic heterocycles. The number of hydrogen-bond donors (Lipinski definition) is 2. The van der Waals surface area contributed by atoms with Crippen molar-refractivity contribution in [2.24, 2.45) is 0 Å². The molecule has 0 aliphatic rings. The molecule has 0 spiro atoms. The van der Waals surface area contributed by atoms with E-state index in [-0.39, 0.29) is 5.91 Å². The van der Waals surface area contributed by atoms with E-state index >= 15 is 0 Å². The summed E-state index contributed by atoms with van der Waals surface area (Å²) in [5, 5.41) is 6.12. The zero-order valence-electron chi connectivity index (χ0n) is 12.2. The van der Waals surface area contributed by atoms with Gasteiger partial charge in [0.25, 0.3) is 5.91 Å². The van der Waals surface area contributed by atoms with Crippen LogP contribution in [0.15, 0.2) is 28.9 Å². The third kappa shape index (κ3) is 3.78. The molecule has 2 aromatic rings. The lowest BCUT2D eigenvalue weighted by molar-refractivity contribution is 0.102. The Bertz CT molecular complexity index is 673. The van der Waals surface area contributed by atoms with Gasteiger partial charge < -0.3 is 10.6 Å². The van der Waals surface area contributed by atoms with Crippen molar-refractivity contribution in [1.82, 2.24) is 9.97 Å². The normalized spacial score (nSPS) is 10.3. The number of carbonyl (C=O) groups excluding carboxylic acids is 1. The van der Waals surface area contributed by atoms with Crippen molar-refractivity contribution in [3.63, 3.8) is 0 Å². The highest BCUT2D eigenvalue weighted by Crippen LogP contribution is 2.26. The van der Waals surface area contributed by atoms with Crippen LogP contribution in [0.1, 0.15) is 28.8 Å². The Morgan fingerprint density at radius 2 is 2.05 bits per heavy atom.